The summed E-state index contributed by atoms with van der Waals surface area (Å²) >= 11 is 0. The summed E-state index contributed by atoms with van der Waals surface area (Å²) in [4.78, 5) is 4.24. The van der Waals surface area contributed by atoms with Gasteiger partial charge in [0.15, 0.2) is 0 Å². The molecule has 7 heteroatoms. The molecule has 2 aromatic rings. The van der Waals surface area contributed by atoms with Gasteiger partial charge in [-0.15, -0.1) is 0 Å². The number of β-amino-alcohol motifs (C(OH)–C–C–N with tert-alkyl or cyclic N) is 1. The fourth-order valence-corrected chi connectivity index (χ4v) is 3.26. The molecule has 1 unspecified atom stereocenters. The van der Waals surface area contributed by atoms with Gasteiger partial charge in [0, 0.05) is 26.2 Å². The maximum atomic E-state index is 13.0. The zero-order valence-electron chi connectivity index (χ0n) is 17.7. The van der Waals surface area contributed by atoms with Crippen LogP contribution in [-0.4, -0.2) is 80.7 Å². The van der Waals surface area contributed by atoms with E-state index in [2.05, 4.69) is 9.80 Å². The molecule has 2 aromatic carbocycles. The van der Waals surface area contributed by atoms with Crippen LogP contribution in [0.1, 0.15) is 5.56 Å². The van der Waals surface area contributed by atoms with E-state index in [0.29, 0.717) is 32.1 Å². The molecule has 6 nitrogen and oxygen atoms in total. The molecule has 1 heterocycles. The highest BCUT2D eigenvalue weighted by Gasteiger charge is 2.33. The van der Waals surface area contributed by atoms with Crippen LogP contribution in [0.15, 0.2) is 48.5 Å². The van der Waals surface area contributed by atoms with E-state index >= 15 is 0 Å². The van der Waals surface area contributed by atoms with Gasteiger partial charge in [0.25, 0.3) is 0 Å². The minimum Gasteiger partial charge on any atom is -0.492 e. The first-order valence-electron chi connectivity index (χ1n) is 10.2. The van der Waals surface area contributed by atoms with Gasteiger partial charge in [-0.3, -0.25) is 4.90 Å². The van der Waals surface area contributed by atoms with Crippen molar-refractivity contribution in [2.75, 3.05) is 60.2 Å². The number of ether oxygens (including phenoxy) is 3. The molecule has 3 rings (SSSR count). The van der Waals surface area contributed by atoms with Gasteiger partial charge in [0.1, 0.15) is 36.1 Å². The van der Waals surface area contributed by atoms with Gasteiger partial charge in [0.2, 0.25) is 0 Å². The highest BCUT2D eigenvalue weighted by molar-refractivity contribution is 5.27. The molecule has 1 fully saturated rings. The summed E-state index contributed by atoms with van der Waals surface area (Å²) in [5.41, 5.74) is -0.00112. The number of nitrogens with zero attached hydrogens (tertiary/aromatic N) is 2. The van der Waals surface area contributed by atoms with Crippen LogP contribution in [0.25, 0.3) is 0 Å². The van der Waals surface area contributed by atoms with E-state index in [1.807, 2.05) is 38.4 Å². The van der Waals surface area contributed by atoms with E-state index < -0.39 is 5.60 Å². The van der Waals surface area contributed by atoms with E-state index in [1.54, 1.807) is 12.1 Å². The Balaban J connectivity index is 1.53. The van der Waals surface area contributed by atoms with Crippen molar-refractivity contribution in [3.63, 3.8) is 0 Å². The van der Waals surface area contributed by atoms with Crippen molar-refractivity contribution in [2.45, 2.75) is 12.1 Å². The smallest absolute Gasteiger partial charge is 0.134 e. The number of halogens is 1. The zero-order valence-corrected chi connectivity index (χ0v) is 17.7. The Morgan fingerprint density at radius 3 is 2.43 bits per heavy atom. The van der Waals surface area contributed by atoms with Crippen LogP contribution in [0.3, 0.4) is 0 Å². The Morgan fingerprint density at radius 1 is 1.07 bits per heavy atom. The molecule has 0 aromatic heterocycles. The number of aliphatic hydroxyl groups is 1. The second-order valence-corrected chi connectivity index (χ2v) is 8.03. The van der Waals surface area contributed by atoms with Gasteiger partial charge in [-0.05, 0) is 56.1 Å². The molecule has 0 amide bonds. The monoisotopic (exact) mass is 418 g/mol. The fraction of sp³-hybridized carbons (Fsp3) is 0.478. The molecule has 30 heavy (non-hydrogen) atoms. The lowest BCUT2D eigenvalue weighted by Crippen LogP contribution is -2.48. The molecular weight excluding hydrogens is 387 g/mol. The molecule has 1 atom stereocenters. The summed E-state index contributed by atoms with van der Waals surface area (Å²) in [5.74, 6) is 1.05. The van der Waals surface area contributed by atoms with E-state index in [-0.39, 0.29) is 19.0 Å². The molecule has 1 aliphatic heterocycles. The minimum atomic E-state index is -1.14. The van der Waals surface area contributed by atoms with Crippen molar-refractivity contribution < 1.29 is 23.7 Å². The van der Waals surface area contributed by atoms with Crippen molar-refractivity contribution >= 4 is 0 Å². The van der Waals surface area contributed by atoms with Crippen LogP contribution in [-0.2, 0) is 11.3 Å². The minimum absolute atomic E-state index is 0.0772. The lowest BCUT2D eigenvalue weighted by atomic mass is 10.1. The van der Waals surface area contributed by atoms with Gasteiger partial charge in [-0.2, -0.15) is 0 Å². The highest BCUT2D eigenvalue weighted by Crippen LogP contribution is 2.20. The Kier molecular flexibility index (Phi) is 8.04. The SMILES string of the molecule is CN(C)CCOc1ccc(CN2CCOCC(O)(COc3ccc(F)cc3)C2)cc1. The largest absolute Gasteiger partial charge is 0.492 e. The first kappa shape index (κ1) is 22.5. The van der Waals surface area contributed by atoms with E-state index in [4.69, 9.17) is 14.2 Å². The average Bonchev–Trinajstić information content (AvgIpc) is 2.90. The van der Waals surface area contributed by atoms with Gasteiger partial charge < -0.3 is 24.2 Å². The topological polar surface area (TPSA) is 54.4 Å². The second kappa shape index (κ2) is 10.7. The third kappa shape index (κ3) is 7.25. The standard InChI is InChI=1S/C23H31FN2O4/c1-25(2)11-14-29-21-7-3-19(4-8-21)15-26-12-13-28-17-23(27,16-26)18-30-22-9-5-20(24)6-10-22/h3-10,27H,11-18H2,1-2H3. The number of rotatable bonds is 9. The Morgan fingerprint density at radius 2 is 1.73 bits per heavy atom. The van der Waals surface area contributed by atoms with Crippen molar-refractivity contribution in [2.24, 2.45) is 0 Å². The molecule has 0 saturated carbocycles. The number of likely N-dealkylation sites (N-methyl/N-ethyl adjacent to an activating group) is 1. The number of hydrogen-bond acceptors (Lipinski definition) is 6. The third-order valence-electron chi connectivity index (χ3n) is 4.90. The van der Waals surface area contributed by atoms with Gasteiger partial charge in [-0.1, -0.05) is 12.1 Å². The van der Waals surface area contributed by atoms with Crippen molar-refractivity contribution in [3.8, 4) is 11.5 Å². The summed E-state index contributed by atoms with van der Waals surface area (Å²) in [6.45, 7) is 4.18. The van der Waals surface area contributed by atoms with E-state index in [9.17, 15) is 9.50 Å². The number of hydrogen-bond donors (Lipinski definition) is 1. The van der Waals surface area contributed by atoms with Gasteiger partial charge in [0.05, 0.1) is 13.2 Å². The van der Waals surface area contributed by atoms with Crippen LogP contribution in [0.2, 0.25) is 0 Å². The van der Waals surface area contributed by atoms with Crippen LogP contribution in [0, 0.1) is 5.82 Å². The fourth-order valence-electron chi connectivity index (χ4n) is 3.26. The molecule has 1 aliphatic rings. The molecular formula is C23H31FN2O4. The molecule has 0 bridgehead atoms. The second-order valence-electron chi connectivity index (χ2n) is 8.03. The highest BCUT2D eigenvalue weighted by atomic mass is 19.1. The predicted molar refractivity (Wildman–Crippen MR) is 113 cm³/mol. The molecule has 0 spiro atoms. The van der Waals surface area contributed by atoms with Gasteiger partial charge in [-0.25, -0.2) is 4.39 Å². The maximum absolute atomic E-state index is 13.0. The van der Waals surface area contributed by atoms with E-state index in [0.717, 1.165) is 24.4 Å². The van der Waals surface area contributed by atoms with Crippen LogP contribution in [0.5, 0.6) is 11.5 Å². The van der Waals surface area contributed by atoms with E-state index in [1.165, 1.54) is 12.1 Å². The maximum Gasteiger partial charge on any atom is 0.134 e. The Labute approximate surface area is 177 Å². The molecule has 1 saturated heterocycles. The normalized spacial score (nSPS) is 20.2. The molecule has 1 N–H and O–H groups in total. The summed E-state index contributed by atoms with van der Waals surface area (Å²) < 4.78 is 30.1. The van der Waals surface area contributed by atoms with Crippen molar-refractivity contribution in [3.05, 3.63) is 59.9 Å². The lowest BCUT2D eigenvalue weighted by Gasteiger charge is -2.30. The van der Waals surface area contributed by atoms with Crippen LogP contribution in [0.4, 0.5) is 4.39 Å². The first-order chi connectivity index (χ1) is 14.4. The quantitative estimate of drug-likeness (QED) is 0.675. The first-order valence-corrected chi connectivity index (χ1v) is 10.2. The predicted octanol–water partition coefficient (Wildman–Crippen LogP) is 2.41. The van der Waals surface area contributed by atoms with Crippen molar-refractivity contribution in [1.29, 1.82) is 0 Å². The van der Waals surface area contributed by atoms with Crippen LogP contribution < -0.4 is 9.47 Å². The Hall–Kier alpha value is -2.19. The molecule has 164 valence electrons. The van der Waals surface area contributed by atoms with Gasteiger partial charge >= 0.3 is 0 Å². The average molecular weight is 419 g/mol. The lowest BCUT2D eigenvalue weighted by molar-refractivity contribution is -0.0646. The van der Waals surface area contributed by atoms with Crippen LogP contribution >= 0.6 is 0 Å². The van der Waals surface area contributed by atoms with Crippen molar-refractivity contribution in [1.82, 2.24) is 9.80 Å². The third-order valence-corrected chi connectivity index (χ3v) is 4.90. The molecule has 0 radical (unpaired) electrons. The zero-order chi connectivity index (χ0) is 21.4. The Bertz CT molecular complexity index is 770. The summed E-state index contributed by atoms with van der Waals surface area (Å²) in [6.07, 6.45) is 0. The molecule has 0 aliphatic carbocycles. The number of benzene rings is 2. The summed E-state index contributed by atoms with van der Waals surface area (Å²) in [5, 5.41) is 11.0. The summed E-state index contributed by atoms with van der Waals surface area (Å²) in [6, 6.07) is 13.8. The summed E-state index contributed by atoms with van der Waals surface area (Å²) in [7, 11) is 4.03.